The van der Waals surface area contributed by atoms with E-state index in [9.17, 15) is 9.18 Å². The number of halogens is 1. The second-order valence-corrected chi connectivity index (χ2v) is 3.48. The first-order valence-corrected chi connectivity index (χ1v) is 4.73. The van der Waals surface area contributed by atoms with Gasteiger partial charge in [-0.05, 0) is 18.2 Å². The van der Waals surface area contributed by atoms with Gasteiger partial charge in [-0.25, -0.2) is 4.39 Å². The van der Waals surface area contributed by atoms with Gasteiger partial charge in [-0.1, -0.05) is 0 Å². The van der Waals surface area contributed by atoms with Crippen LogP contribution in [0.15, 0.2) is 18.2 Å². The van der Waals surface area contributed by atoms with Gasteiger partial charge in [0.15, 0.2) is 0 Å². The summed E-state index contributed by atoms with van der Waals surface area (Å²) in [6.07, 6.45) is 0. The number of amides is 1. The topological polar surface area (TPSA) is 58.4 Å². The van der Waals surface area contributed by atoms with Crippen LogP contribution >= 0.6 is 0 Å². The van der Waals surface area contributed by atoms with Crippen molar-refractivity contribution in [2.24, 2.45) is 0 Å². The third-order valence-corrected chi connectivity index (χ3v) is 2.38. The number of hydrogen-bond donors (Lipinski definition) is 2. The van der Waals surface area contributed by atoms with Gasteiger partial charge in [0.05, 0.1) is 12.2 Å². The van der Waals surface area contributed by atoms with Crippen molar-refractivity contribution >= 4 is 17.3 Å². The van der Waals surface area contributed by atoms with E-state index in [1.165, 1.54) is 6.07 Å². The monoisotopic (exact) mass is 209 g/mol. The Balaban J connectivity index is 2.21. The third kappa shape index (κ3) is 2.01. The number of anilines is 2. The molecule has 0 aliphatic carbocycles. The molecule has 0 spiro atoms. The summed E-state index contributed by atoms with van der Waals surface area (Å²) in [6.45, 7) is 1.62. The second-order valence-electron chi connectivity index (χ2n) is 3.48. The van der Waals surface area contributed by atoms with Crippen molar-refractivity contribution in [3.8, 4) is 0 Å². The molecule has 80 valence electrons. The van der Waals surface area contributed by atoms with E-state index in [0.717, 1.165) is 12.2 Å². The van der Waals surface area contributed by atoms with Crippen LogP contribution in [0.5, 0.6) is 0 Å². The van der Waals surface area contributed by atoms with Gasteiger partial charge in [0.25, 0.3) is 0 Å². The molecule has 15 heavy (non-hydrogen) atoms. The maximum Gasteiger partial charge on any atom is 0.239 e. The summed E-state index contributed by atoms with van der Waals surface area (Å²) < 4.78 is 12.9. The Morgan fingerprint density at radius 2 is 2.27 bits per heavy atom. The number of nitrogens with zero attached hydrogens (tertiary/aromatic N) is 1. The smallest absolute Gasteiger partial charge is 0.239 e. The molecule has 1 fully saturated rings. The van der Waals surface area contributed by atoms with Gasteiger partial charge in [-0.3, -0.25) is 4.79 Å². The Kier molecular flexibility index (Phi) is 2.45. The number of carbonyl (C=O) groups is 1. The summed E-state index contributed by atoms with van der Waals surface area (Å²) in [5, 5.41) is 2.72. The van der Waals surface area contributed by atoms with Crippen molar-refractivity contribution in [1.29, 1.82) is 0 Å². The fourth-order valence-corrected chi connectivity index (χ4v) is 1.59. The lowest BCUT2D eigenvalue weighted by molar-refractivity contribution is -0.120. The standard InChI is InChI=1S/C10H12FN3O/c11-8-2-1-7(5-9(8)12)14-4-3-13-10(15)6-14/h1-2,5H,3-4,6,12H2,(H,13,15). The molecule has 0 aromatic heterocycles. The molecular weight excluding hydrogens is 197 g/mol. The highest BCUT2D eigenvalue weighted by Crippen LogP contribution is 2.20. The Hall–Kier alpha value is -1.78. The van der Waals surface area contributed by atoms with Crippen molar-refractivity contribution in [2.75, 3.05) is 30.3 Å². The summed E-state index contributed by atoms with van der Waals surface area (Å²) in [6, 6.07) is 4.50. The fraction of sp³-hybridized carbons (Fsp3) is 0.300. The van der Waals surface area contributed by atoms with E-state index >= 15 is 0 Å². The van der Waals surface area contributed by atoms with Crippen LogP contribution in [-0.2, 0) is 4.79 Å². The average Bonchev–Trinajstić information content (AvgIpc) is 2.22. The predicted molar refractivity (Wildman–Crippen MR) is 56.0 cm³/mol. The number of piperazine rings is 1. The molecule has 1 aromatic carbocycles. The van der Waals surface area contributed by atoms with Gasteiger partial charge in [0.2, 0.25) is 5.91 Å². The summed E-state index contributed by atoms with van der Waals surface area (Å²) >= 11 is 0. The summed E-state index contributed by atoms with van der Waals surface area (Å²) in [5.74, 6) is -0.454. The van der Waals surface area contributed by atoms with E-state index in [1.54, 1.807) is 12.1 Å². The van der Waals surface area contributed by atoms with E-state index in [0.29, 0.717) is 13.1 Å². The molecule has 1 amide bonds. The quantitative estimate of drug-likeness (QED) is 0.656. The first-order valence-electron chi connectivity index (χ1n) is 4.73. The highest BCUT2D eigenvalue weighted by molar-refractivity contribution is 5.82. The van der Waals surface area contributed by atoms with Crippen molar-refractivity contribution in [3.05, 3.63) is 24.0 Å². The van der Waals surface area contributed by atoms with Gasteiger partial charge < -0.3 is 16.0 Å². The molecule has 1 aliphatic rings. The van der Waals surface area contributed by atoms with E-state index in [1.807, 2.05) is 4.90 Å². The summed E-state index contributed by atoms with van der Waals surface area (Å²) in [4.78, 5) is 13.0. The van der Waals surface area contributed by atoms with Crippen molar-refractivity contribution < 1.29 is 9.18 Å². The number of hydrogen-bond acceptors (Lipinski definition) is 3. The second kappa shape index (κ2) is 3.76. The fourth-order valence-electron chi connectivity index (χ4n) is 1.59. The highest BCUT2D eigenvalue weighted by Gasteiger charge is 2.16. The molecule has 1 aliphatic heterocycles. The molecule has 0 atom stereocenters. The van der Waals surface area contributed by atoms with Crippen LogP contribution in [0.25, 0.3) is 0 Å². The average molecular weight is 209 g/mol. The van der Waals surface area contributed by atoms with E-state index < -0.39 is 5.82 Å². The molecule has 1 saturated heterocycles. The molecule has 0 unspecified atom stereocenters. The molecule has 0 saturated carbocycles. The first kappa shape index (κ1) is 9.76. The zero-order valence-corrected chi connectivity index (χ0v) is 8.16. The summed E-state index contributed by atoms with van der Waals surface area (Å²) in [7, 11) is 0. The molecule has 3 N–H and O–H groups in total. The highest BCUT2D eigenvalue weighted by atomic mass is 19.1. The van der Waals surface area contributed by atoms with Crippen molar-refractivity contribution in [3.63, 3.8) is 0 Å². The number of carbonyl (C=O) groups excluding carboxylic acids is 1. The minimum Gasteiger partial charge on any atom is -0.396 e. The van der Waals surface area contributed by atoms with Gasteiger partial charge in [-0.15, -0.1) is 0 Å². The molecule has 2 rings (SSSR count). The Morgan fingerprint density at radius 1 is 1.47 bits per heavy atom. The minimum absolute atomic E-state index is 0.0239. The van der Waals surface area contributed by atoms with Gasteiger partial charge in [-0.2, -0.15) is 0 Å². The third-order valence-electron chi connectivity index (χ3n) is 2.38. The Labute approximate surface area is 86.9 Å². The van der Waals surface area contributed by atoms with Gasteiger partial charge in [0.1, 0.15) is 5.82 Å². The van der Waals surface area contributed by atoms with E-state index in [4.69, 9.17) is 5.73 Å². The van der Waals surface area contributed by atoms with E-state index in [-0.39, 0.29) is 11.6 Å². The van der Waals surface area contributed by atoms with Crippen molar-refractivity contribution in [2.45, 2.75) is 0 Å². The number of nitrogens with two attached hydrogens (primary N) is 1. The van der Waals surface area contributed by atoms with Crippen LogP contribution in [0.3, 0.4) is 0 Å². The number of benzene rings is 1. The molecule has 5 heteroatoms. The minimum atomic E-state index is -0.430. The number of nitrogen functional groups attached to an aromatic ring is 1. The Morgan fingerprint density at radius 3 is 2.93 bits per heavy atom. The molecule has 0 bridgehead atoms. The van der Waals surface area contributed by atoms with Gasteiger partial charge >= 0.3 is 0 Å². The van der Waals surface area contributed by atoms with Crippen LogP contribution in [0.2, 0.25) is 0 Å². The van der Waals surface area contributed by atoms with Crippen LogP contribution in [0.4, 0.5) is 15.8 Å². The lowest BCUT2D eigenvalue weighted by atomic mass is 10.2. The van der Waals surface area contributed by atoms with E-state index in [2.05, 4.69) is 5.32 Å². The Bertz CT molecular complexity index is 394. The zero-order valence-electron chi connectivity index (χ0n) is 8.16. The van der Waals surface area contributed by atoms with Crippen LogP contribution in [0.1, 0.15) is 0 Å². The van der Waals surface area contributed by atoms with Crippen LogP contribution < -0.4 is 16.0 Å². The normalized spacial score (nSPS) is 16.3. The van der Waals surface area contributed by atoms with Crippen LogP contribution in [-0.4, -0.2) is 25.5 Å². The number of nitrogens with one attached hydrogen (secondary N) is 1. The lowest BCUT2D eigenvalue weighted by Gasteiger charge is -2.28. The molecular formula is C10H12FN3O. The van der Waals surface area contributed by atoms with Crippen molar-refractivity contribution in [1.82, 2.24) is 5.32 Å². The maximum atomic E-state index is 12.9. The zero-order chi connectivity index (χ0) is 10.8. The largest absolute Gasteiger partial charge is 0.396 e. The van der Waals surface area contributed by atoms with Crippen LogP contribution in [0, 0.1) is 5.82 Å². The molecule has 0 radical (unpaired) electrons. The molecule has 4 nitrogen and oxygen atoms in total. The first-order chi connectivity index (χ1) is 7.16. The summed E-state index contributed by atoms with van der Waals surface area (Å²) in [5.41, 5.74) is 6.35. The lowest BCUT2D eigenvalue weighted by Crippen LogP contribution is -2.47. The van der Waals surface area contributed by atoms with Gasteiger partial charge in [0, 0.05) is 18.8 Å². The predicted octanol–water partition coefficient (Wildman–Crippen LogP) is 0.344. The number of rotatable bonds is 1. The molecule has 1 heterocycles. The maximum absolute atomic E-state index is 12.9. The molecule has 1 aromatic rings. The SMILES string of the molecule is Nc1cc(N2CCNC(=O)C2)ccc1F.